The monoisotopic (exact) mass is 280 g/mol. The average molecular weight is 280 g/mol. The normalized spacial score (nSPS) is 14.3. The number of likely N-dealkylation sites (N-methyl/N-ethyl adjacent to an activating group) is 1. The van der Waals surface area contributed by atoms with Gasteiger partial charge >= 0.3 is 0 Å². The quantitative estimate of drug-likeness (QED) is 0.447. The van der Waals surface area contributed by atoms with E-state index in [0.717, 1.165) is 24.8 Å². The Labute approximate surface area is 118 Å². The number of hydrogen-bond donors (Lipinski definition) is 1. The zero-order valence-corrected chi connectivity index (χ0v) is 11.6. The molecular weight excluding hydrogens is 260 g/mol. The molecule has 110 valence electrons. The lowest BCUT2D eigenvalue weighted by Crippen LogP contribution is -2.23. The lowest BCUT2D eigenvalue weighted by Gasteiger charge is -2.19. The van der Waals surface area contributed by atoms with Crippen molar-refractivity contribution >= 4 is 11.4 Å². The number of ether oxygens (including phenoxy) is 1. The van der Waals surface area contributed by atoms with E-state index in [1.165, 1.54) is 18.9 Å². The summed E-state index contributed by atoms with van der Waals surface area (Å²) >= 11 is 0. The fourth-order valence-electron chi connectivity index (χ4n) is 1.98. The topological polar surface area (TPSA) is 75.8 Å². The van der Waals surface area contributed by atoms with E-state index in [2.05, 4.69) is 0 Å². The van der Waals surface area contributed by atoms with Crippen molar-refractivity contribution in [3.05, 3.63) is 33.9 Å². The molecule has 0 aromatic heterocycles. The summed E-state index contributed by atoms with van der Waals surface area (Å²) in [5.74, 6) is 0.751. The Kier molecular flexibility index (Phi) is 4.92. The maximum atomic E-state index is 10.8. The summed E-state index contributed by atoms with van der Waals surface area (Å²) < 4.78 is 5.57. The van der Waals surface area contributed by atoms with Gasteiger partial charge in [-0.3, -0.25) is 10.1 Å². The molecule has 0 unspecified atom stereocenters. The summed E-state index contributed by atoms with van der Waals surface area (Å²) in [6, 6.07) is 4.78. The Balaban J connectivity index is 1.90. The Bertz CT molecular complexity index is 474. The molecule has 20 heavy (non-hydrogen) atoms. The van der Waals surface area contributed by atoms with Crippen LogP contribution in [0.5, 0.6) is 0 Å². The van der Waals surface area contributed by atoms with Gasteiger partial charge in [-0.05, 0) is 30.9 Å². The number of nitro groups is 1. The molecule has 1 saturated carbocycles. The molecule has 0 atom stereocenters. The molecule has 0 bridgehead atoms. The minimum atomic E-state index is -0.478. The second kappa shape index (κ2) is 6.67. The molecule has 1 aliphatic carbocycles. The molecule has 6 nitrogen and oxygen atoms in total. The van der Waals surface area contributed by atoms with Crippen LogP contribution in [-0.2, 0) is 11.3 Å². The van der Waals surface area contributed by atoms with E-state index >= 15 is 0 Å². The van der Waals surface area contributed by atoms with Gasteiger partial charge in [0.1, 0.15) is 0 Å². The number of hydrogen-bond acceptors (Lipinski definition) is 5. The maximum Gasteiger partial charge on any atom is 0.275 e. The molecule has 1 aliphatic rings. The number of aliphatic hydroxyl groups is 1. The van der Waals surface area contributed by atoms with Crippen LogP contribution in [0.2, 0.25) is 0 Å². The third kappa shape index (κ3) is 3.91. The first kappa shape index (κ1) is 14.7. The van der Waals surface area contributed by atoms with E-state index < -0.39 is 4.92 Å². The molecule has 1 N–H and O–H groups in total. The van der Waals surface area contributed by atoms with Crippen LogP contribution < -0.4 is 4.90 Å². The first-order valence-corrected chi connectivity index (χ1v) is 6.79. The van der Waals surface area contributed by atoms with Crippen LogP contribution in [0, 0.1) is 16.0 Å². The number of nitro benzene ring substituents is 1. The lowest BCUT2D eigenvalue weighted by molar-refractivity contribution is -0.385. The van der Waals surface area contributed by atoms with Crippen LogP contribution in [0.4, 0.5) is 11.4 Å². The minimum absolute atomic E-state index is 0.0466. The molecule has 0 aliphatic heterocycles. The summed E-state index contributed by atoms with van der Waals surface area (Å²) in [5.41, 5.74) is 1.13. The van der Waals surface area contributed by atoms with Crippen molar-refractivity contribution in [2.45, 2.75) is 19.4 Å². The predicted octanol–water partition coefficient (Wildman–Crippen LogP) is 1.95. The van der Waals surface area contributed by atoms with Crippen molar-refractivity contribution < 1.29 is 14.8 Å². The Morgan fingerprint density at radius 3 is 2.85 bits per heavy atom. The van der Waals surface area contributed by atoms with Crippen molar-refractivity contribution in [2.75, 3.05) is 31.7 Å². The van der Waals surface area contributed by atoms with E-state index in [1.807, 2.05) is 11.9 Å². The van der Waals surface area contributed by atoms with E-state index in [9.17, 15) is 15.2 Å². The minimum Gasteiger partial charge on any atom is -0.391 e. The molecule has 0 radical (unpaired) electrons. The van der Waals surface area contributed by atoms with E-state index in [4.69, 9.17) is 4.74 Å². The molecule has 0 heterocycles. The standard InChI is InChI=1S/C14H20N2O4/c1-15(6-7-20-10-11-2-3-11)13-4-5-14(16(18)19)12(8-13)9-17/h4-5,8,11,17H,2-3,6-7,9-10H2,1H3. The van der Waals surface area contributed by atoms with Gasteiger partial charge in [-0.1, -0.05) is 0 Å². The molecule has 0 saturated heterocycles. The second-order valence-electron chi connectivity index (χ2n) is 5.17. The van der Waals surface area contributed by atoms with Crippen molar-refractivity contribution in [3.8, 4) is 0 Å². The lowest BCUT2D eigenvalue weighted by atomic mass is 10.1. The highest BCUT2D eigenvalue weighted by molar-refractivity contribution is 5.55. The molecule has 1 aromatic carbocycles. The molecule has 6 heteroatoms. The third-order valence-electron chi connectivity index (χ3n) is 3.49. The van der Waals surface area contributed by atoms with Gasteiger partial charge in [0.05, 0.1) is 23.7 Å². The number of aliphatic hydroxyl groups excluding tert-OH is 1. The highest BCUT2D eigenvalue weighted by atomic mass is 16.6. The Morgan fingerprint density at radius 2 is 2.25 bits per heavy atom. The van der Waals surface area contributed by atoms with Crippen molar-refractivity contribution in [2.24, 2.45) is 5.92 Å². The van der Waals surface area contributed by atoms with Crippen LogP contribution in [0.1, 0.15) is 18.4 Å². The van der Waals surface area contributed by atoms with Crippen LogP contribution in [0.3, 0.4) is 0 Å². The average Bonchev–Trinajstić information content (AvgIpc) is 3.26. The molecule has 2 rings (SSSR count). The van der Waals surface area contributed by atoms with Gasteiger partial charge in [0.25, 0.3) is 5.69 Å². The fourth-order valence-corrected chi connectivity index (χ4v) is 1.98. The van der Waals surface area contributed by atoms with Crippen molar-refractivity contribution in [3.63, 3.8) is 0 Å². The summed E-state index contributed by atoms with van der Waals surface area (Å²) in [6.07, 6.45) is 2.55. The Hall–Kier alpha value is -1.66. The van der Waals surface area contributed by atoms with E-state index in [1.54, 1.807) is 12.1 Å². The van der Waals surface area contributed by atoms with Crippen molar-refractivity contribution in [1.82, 2.24) is 0 Å². The first-order valence-electron chi connectivity index (χ1n) is 6.79. The highest BCUT2D eigenvalue weighted by Crippen LogP contribution is 2.28. The zero-order chi connectivity index (χ0) is 14.5. The SMILES string of the molecule is CN(CCOCC1CC1)c1ccc([N+](=O)[O-])c(CO)c1. The smallest absolute Gasteiger partial charge is 0.275 e. The molecule has 1 fully saturated rings. The summed E-state index contributed by atoms with van der Waals surface area (Å²) in [6.45, 7) is 1.85. The van der Waals surface area contributed by atoms with Gasteiger partial charge in [-0.15, -0.1) is 0 Å². The molecule has 0 spiro atoms. The summed E-state index contributed by atoms with van der Waals surface area (Å²) in [5, 5.41) is 20.0. The first-order chi connectivity index (χ1) is 9.61. The zero-order valence-electron chi connectivity index (χ0n) is 11.6. The van der Waals surface area contributed by atoms with Gasteiger partial charge in [0, 0.05) is 32.0 Å². The van der Waals surface area contributed by atoms with Crippen LogP contribution in [0.25, 0.3) is 0 Å². The summed E-state index contributed by atoms with van der Waals surface area (Å²) in [4.78, 5) is 12.3. The van der Waals surface area contributed by atoms with Crippen LogP contribution in [0.15, 0.2) is 18.2 Å². The Morgan fingerprint density at radius 1 is 1.50 bits per heavy atom. The van der Waals surface area contributed by atoms with Gasteiger partial charge in [-0.2, -0.15) is 0 Å². The fraction of sp³-hybridized carbons (Fsp3) is 0.571. The predicted molar refractivity (Wildman–Crippen MR) is 75.8 cm³/mol. The third-order valence-corrected chi connectivity index (χ3v) is 3.49. The maximum absolute atomic E-state index is 10.8. The molecular formula is C14H20N2O4. The van der Waals surface area contributed by atoms with Crippen molar-refractivity contribution in [1.29, 1.82) is 0 Å². The number of rotatable bonds is 8. The van der Waals surface area contributed by atoms with Crippen LogP contribution in [-0.4, -0.2) is 36.8 Å². The number of nitrogens with zero attached hydrogens (tertiary/aromatic N) is 2. The highest BCUT2D eigenvalue weighted by Gasteiger charge is 2.21. The van der Waals surface area contributed by atoms with Gasteiger partial charge in [0.2, 0.25) is 0 Å². The number of anilines is 1. The molecule has 1 aromatic rings. The van der Waals surface area contributed by atoms with Crippen LogP contribution >= 0.6 is 0 Å². The van der Waals surface area contributed by atoms with Gasteiger partial charge < -0.3 is 14.7 Å². The number of benzene rings is 1. The van der Waals surface area contributed by atoms with E-state index in [0.29, 0.717) is 12.2 Å². The molecule has 0 amide bonds. The second-order valence-corrected chi connectivity index (χ2v) is 5.17. The summed E-state index contributed by atoms with van der Waals surface area (Å²) in [7, 11) is 1.91. The largest absolute Gasteiger partial charge is 0.391 e. The van der Waals surface area contributed by atoms with Gasteiger partial charge in [0.15, 0.2) is 0 Å². The van der Waals surface area contributed by atoms with E-state index in [-0.39, 0.29) is 12.3 Å². The van der Waals surface area contributed by atoms with Gasteiger partial charge in [-0.25, -0.2) is 0 Å².